The molecule has 3 rings (SSSR count). The van der Waals surface area contributed by atoms with Gasteiger partial charge in [0.25, 0.3) is 5.91 Å². The van der Waals surface area contributed by atoms with E-state index in [4.69, 9.17) is 16.9 Å². The number of hydrogen-bond acceptors (Lipinski definition) is 5. The van der Waals surface area contributed by atoms with Crippen LogP contribution in [-0.4, -0.2) is 46.4 Å². The monoisotopic (exact) mass is 556 g/mol. The zero-order chi connectivity index (χ0) is 30.3. The normalized spacial score (nSPS) is 12.6. The number of amides is 4. The van der Waals surface area contributed by atoms with Crippen LogP contribution in [0.15, 0.2) is 66.7 Å². The second-order valence-corrected chi connectivity index (χ2v) is 10.9. The molecule has 0 saturated carbocycles. The van der Waals surface area contributed by atoms with E-state index in [2.05, 4.69) is 16.6 Å². The first-order chi connectivity index (χ1) is 19.3. The smallest absolute Gasteiger partial charge is 0.408 e. The van der Waals surface area contributed by atoms with Crippen LogP contribution in [0.25, 0.3) is 10.8 Å². The van der Waals surface area contributed by atoms with E-state index in [0.717, 1.165) is 10.8 Å². The minimum atomic E-state index is -1.37. The molecule has 0 aliphatic heterocycles. The highest BCUT2D eigenvalue weighted by atomic mass is 16.6. The summed E-state index contributed by atoms with van der Waals surface area (Å²) in [5, 5.41) is 7.33. The van der Waals surface area contributed by atoms with Crippen molar-refractivity contribution in [1.82, 2.24) is 10.2 Å². The summed E-state index contributed by atoms with van der Waals surface area (Å²) in [4.78, 5) is 53.8. The predicted octanol–water partition coefficient (Wildman–Crippen LogP) is 4.51. The Kier molecular flexibility index (Phi) is 9.74. The first-order valence-corrected chi connectivity index (χ1v) is 13.3. The maximum absolute atomic E-state index is 14.0. The number of hydrogen-bond donors (Lipinski definition) is 3. The molecule has 0 heterocycles. The summed E-state index contributed by atoms with van der Waals surface area (Å²) in [7, 11) is 0. The number of alkyl carbamates (subject to hydrolysis) is 1. The van der Waals surface area contributed by atoms with Crippen LogP contribution in [0.5, 0.6) is 0 Å². The second-order valence-electron chi connectivity index (χ2n) is 10.9. The van der Waals surface area contributed by atoms with Gasteiger partial charge in [-0.05, 0) is 75.2 Å². The Balaban J connectivity index is 2.03. The van der Waals surface area contributed by atoms with Crippen LogP contribution in [0.1, 0.15) is 58.2 Å². The van der Waals surface area contributed by atoms with Crippen LogP contribution >= 0.6 is 0 Å². The summed E-state index contributed by atoms with van der Waals surface area (Å²) in [5.74, 6) is 0.562. The molecule has 4 amide bonds. The summed E-state index contributed by atoms with van der Waals surface area (Å²) in [6, 6.07) is 16.9. The van der Waals surface area contributed by atoms with Gasteiger partial charge >= 0.3 is 6.09 Å². The Labute approximate surface area is 240 Å². The van der Waals surface area contributed by atoms with Gasteiger partial charge in [0.15, 0.2) is 0 Å². The third kappa shape index (κ3) is 8.32. The van der Waals surface area contributed by atoms with E-state index in [1.54, 1.807) is 65.0 Å². The second kappa shape index (κ2) is 13.0. The van der Waals surface area contributed by atoms with Gasteiger partial charge in [0.2, 0.25) is 11.8 Å². The number of benzene rings is 3. The number of fused-ring (bicyclic) bond motifs is 1. The molecule has 2 atom stereocenters. The van der Waals surface area contributed by atoms with Crippen molar-refractivity contribution in [3.8, 4) is 12.3 Å². The standard InChI is InChI=1S/C32H36N4O5/c1-7-21-12-14-23(15-13-21)28(29(38)34-25-17-16-22-10-8-9-11-24(22)18-25)36(20(2)3)30(39)26(19-27(33)37)35-31(40)41-32(4,5)6/h1,8-18,20,26,28H,19H2,2-6H3,(H2,33,37)(H,34,38)(H,35,40). The number of rotatable bonds is 9. The number of carbonyl (C=O) groups is 4. The van der Waals surface area contributed by atoms with Gasteiger partial charge in [0.1, 0.15) is 17.7 Å². The van der Waals surface area contributed by atoms with E-state index in [1.165, 1.54) is 4.90 Å². The zero-order valence-corrected chi connectivity index (χ0v) is 23.9. The van der Waals surface area contributed by atoms with Crippen molar-refractivity contribution in [1.29, 1.82) is 0 Å². The van der Waals surface area contributed by atoms with Crippen LogP contribution in [0.3, 0.4) is 0 Å². The largest absolute Gasteiger partial charge is 0.444 e. The van der Waals surface area contributed by atoms with E-state index >= 15 is 0 Å². The SMILES string of the molecule is C#Cc1ccc(C(C(=O)Nc2ccc3ccccc3c2)N(C(=O)C(CC(N)=O)NC(=O)OC(C)(C)C)C(C)C)cc1. The van der Waals surface area contributed by atoms with Gasteiger partial charge in [-0.25, -0.2) is 4.79 Å². The molecule has 214 valence electrons. The van der Waals surface area contributed by atoms with E-state index in [9.17, 15) is 19.2 Å². The van der Waals surface area contributed by atoms with Gasteiger partial charge < -0.3 is 26.0 Å². The molecule has 0 radical (unpaired) electrons. The maximum atomic E-state index is 14.0. The van der Waals surface area contributed by atoms with E-state index < -0.39 is 54.0 Å². The molecule has 9 nitrogen and oxygen atoms in total. The van der Waals surface area contributed by atoms with Crippen LogP contribution in [0.4, 0.5) is 10.5 Å². The van der Waals surface area contributed by atoms with Crippen molar-refractivity contribution in [2.45, 2.75) is 64.8 Å². The average Bonchev–Trinajstić information content (AvgIpc) is 2.89. The topological polar surface area (TPSA) is 131 Å². The van der Waals surface area contributed by atoms with Gasteiger partial charge in [0, 0.05) is 17.3 Å². The summed E-state index contributed by atoms with van der Waals surface area (Å²) in [5.41, 5.74) is 6.22. The quantitative estimate of drug-likeness (QED) is 0.334. The van der Waals surface area contributed by atoms with Crippen molar-refractivity contribution in [2.24, 2.45) is 5.73 Å². The molecule has 0 saturated heterocycles. The van der Waals surface area contributed by atoms with Gasteiger partial charge in [-0.1, -0.05) is 48.4 Å². The minimum Gasteiger partial charge on any atom is -0.444 e. The molecular formula is C32H36N4O5. The van der Waals surface area contributed by atoms with Gasteiger partial charge in [-0.2, -0.15) is 0 Å². The molecule has 0 aliphatic carbocycles. The van der Waals surface area contributed by atoms with Crippen molar-refractivity contribution < 1.29 is 23.9 Å². The van der Waals surface area contributed by atoms with Crippen LogP contribution < -0.4 is 16.4 Å². The lowest BCUT2D eigenvalue weighted by Gasteiger charge is -2.37. The fraction of sp³-hybridized carbons (Fsp3) is 0.312. The molecular weight excluding hydrogens is 520 g/mol. The molecule has 3 aromatic rings. The molecule has 0 fully saturated rings. The maximum Gasteiger partial charge on any atom is 0.408 e. The van der Waals surface area contributed by atoms with Crippen LogP contribution in [0.2, 0.25) is 0 Å². The first-order valence-electron chi connectivity index (χ1n) is 13.3. The number of primary amides is 1. The zero-order valence-electron chi connectivity index (χ0n) is 23.9. The highest BCUT2D eigenvalue weighted by Gasteiger charge is 2.38. The fourth-order valence-electron chi connectivity index (χ4n) is 4.39. The Bertz CT molecular complexity index is 1470. The first kappa shape index (κ1) is 30.7. The molecule has 0 spiro atoms. The summed E-state index contributed by atoms with van der Waals surface area (Å²) < 4.78 is 5.30. The molecule has 9 heteroatoms. The molecule has 4 N–H and O–H groups in total. The Morgan fingerprint density at radius 3 is 2.17 bits per heavy atom. The number of anilines is 1. The highest BCUT2D eigenvalue weighted by Crippen LogP contribution is 2.28. The Morgan fingerprint density at radius 2 is 1.61 bits per heavy atom. The number of terminal acetylenes is 1. The summed E-state index contributed by atoms with van der Waals surface area (Å²) in [6.45, 7) is 8.48. The highest BCUT2D eigenvalue weighted by molar-refractivity contribution is 6.01. The van der Waals surface area contributed by atoms with Crippen molar-refractivity contribution in [2.75, 3.05) is 5.32 Å². The molecule has 0 aromatic heterocycles. The minimum absolute atomic E-state index is 0.486. The number of nitrogens with one attached hydrogen (secondary N) is 2. The predicted molar refractivity (Wildman–Crippen MR) is 159 cm³/mol. The summed E-state index contributed by atoms with van der Waals surface area (Å²) >= 11 is 0. The third-order valence-corrected chi connectivity index (χ3v) is 6.14. The van der Waals surface area contributed by atoms with Gasteiger partial charge in [0.05, 0.1) is 6.42 Å². The number of nitrogens with zero attached hydrogens (tertiary/aromatic N) is 1. The summed E-state index contributed by atoms with van der Waals surface area (Å²) in [6.07, 6.45) is 4.14. The Morgan fingerprint density at radius 1 is 0.976 bits per heavy atom. The molecule has 3 aromatic carbocycles. The molecule has 0 aliphatic rings. The van der Waals surface area contributed by atoms with E-state index in [0.29, 0.717) is 16.8 Å². The third-order valence-electron chi connectivity index (χ3n) is 6.14. The lowest BCUT2D eigenvalue weighted by Crippen LogP contribution is -2.55. The van der Waals surface area contributed by atoms with Crippen molar-refractivity contribution in [3.63, 3.8) is 0 Å². The van der Waals surface area contributed by atoms with Crippen molar-refractivity contribution in [3.05, 3.63) is 77.9 Å². The molecule has 2 unspecified atom stereocenters. The molecule has 41 heavy (non-hydrogen) atoms. The number of ether oxygens (including phenoxy) is 1. The Hall–Kier alpha value is -4.84. The van der Waals surface area contributed by atoms with Crippen molar-refractivity contribution >= 4 is 40.3 Å². The van der Waals surface area contributed by atoms with E-state index in [-0.39, 0.29) is 0 Å². The number of nitrogens with two attached hydrogens (primary N) is 1. The van der Waals surface area contributed by atoms with Crippen LogP contribution in [-0.2, 0) is 19.1 Å². The lowest BCUT2D eigenvalue weighted by atomic mass is 9.99. The van der Waals surface area contributed by atoms with Gasteiger partial charge in [-0.15, -0.1) is 6.42 Å². The molecule has 0 bridgehead atoms. The fourth-order valence-corrected chi connectivity index (χ4v) is 4.39. The lowest BCUT2D eigenvalue weighted by molar-refractivity contribution is -0.143. The van der Waals surface area contributed by atoms with E-state index in [1.807, 2.05) is 36.4 Å². The number of carbonyl (C=O) groups excluding carboxylic acids is 4. The van der Waals surface area contributed by atoms with Crippen LogP contribution in [0, 0.1) is 12.3 Å². The van der Waals surface area contributed by atoms with Gasteiger partial charge in [-0.3, -0.25) is 14.4 Å². The average molecular weight is 557 g/mol.